The Morgan fingerprint density at radius 3 is 2.72 bits per heavy atom. The number of aromatic nitrogens is 1. The van der Waals surface area contributed by atoms with Crippen molar-refractivity contribution in [1.29, 1.82) is 0 Å². The van der Waals surface area contributed by atoms with Crippen molar-refractivity contribution in [3.63, 3.8) is 0 Å². The van der Waals surface area contributed by atoms with E-state index in [-0.39, 0.29) is 11.9 Å². The van der Waals surface area contributed by atoms with E-state index in [4.69, 9.17) is 4.52 Å². The lowest BCUT2D eigenvalue weighted by atomic mass is 10.0. The zero-order valence-electron chi connectivity index (χ0n) is 11.2. The molecular weight excluding hydrogens is 230 g/mol. The lowest BCUT2D eigenvalue weighted by Crippen LogP contribution is -2.36. The Kier molecular flexibility index (Phi) is 4.01. The molecule has 100 valence electrons. The van der Waals surface area contributed by atoms with Gasteiger partial charge < -0.3 is 15.2 Å². The van der Waals surface area contributed by atoms with Crippen molar-refractivity contribution in [2.75, 3.05) is 6.54 Å². The standard InChI is InChI=1S/C13H21N3O2/c1-4-11(13-8(2)16-18-9(13)3)14-7-12(17)15-10-5-6-10/h10-11,14H,4-7H2,1-3H3,(H,15,17). The Balaban J connectivity index is 1.90. The fourth-order valence-corrected chi connectivity index (χ4v) is 2.16. The molecule has 0 aliphatic heterocycles. The lowest BCUT2D eigenvalue weighted by molar-refractivity contribution is -0.120. The van der Waals surface area contributed by atoms with E-state index in [1.165, 1.54) is 0 Å². The molecule has 0 aromatic carbocycles. The molecule has 1 fully saturated rings. The maximum absolute atomic E-state index is 11.6. The highest BCUT2D eigenvalue weighted by atomic mass is 16.5. The summed E-state index contributed by atoms with van der Waals surface area (Å²) in [4.78, 5) is 11.6. The molecule has 2 rings (SSSR count). The second kappa shape index (κ2) is 5.52. The van der Waals surface area contributed by atoms with E-state index < -0.39 is 0 Å². The van der Waals surface area contributed by atoms with Gasteiger partial charge in [0.15, 0.2) is 0 Å². The van der Waals surface area contributed by atoms with Crippen LogP contribution in [0.3, 0.4) is 0 Å². The van der Waals surface area contributed by atoms with Crippen LogP contribution in [-0.4, -0.2) is 23.7 Å². The molecule has 2 N–H and O–H groups in total. The number of amides is 1. The van der Waals surface area contributed by atoms with E-state index in [2.05, 4.69) is 22.7 Å². The summed E-state index contributed by atoms with van der Waals surface area (Å²) in [5.41, 5.74) is 1.98. The molecule has 1 aliphatic carbocycles. The summed E-state index contributed by atoms with van der Waals surface area (Å²) < 4.78 is 5.17. The van der Waals surface area contributed by atoms with Gasteiger partial charge in [-0.3, -0.25) is 4.79 Å². The van der Waals surface area contributed by atoms with Gasteiger partial charge in [-0.25, -0.2) is 0 Å². The van der Waals surface area contributed by atoms with E-state index in [0.717, 1.165) is 36.3 Å². The molecule has 1 saturated carbocycles. The molecule has 1 unspecified atom stereocenters. The average Bonchev–Trinajstić information content (AvgIpc) is 3.09. The molecule has 5 nitrogen and oxygen atoms in total. The first-order chi connectivity index (χ1) is 8.61. The Morgan fingerprint density at radius 1 is 1.50 bits per heavy atom. The number of hydrogen-bond donors (Lipinski definition) is 2. The highest BCUT2D eigenvalue weighted by Gasteiger charge is 2.24. The van der Waals surface area contributed by atoms with Crippen LogP contribution in [-0.2, 0) is 4.79 Å². The van der Waals surface area contributed by atoms with Gasteiger partial charge in [-0.1, -0.05) is 12.1 Å². The zero-order valence-corrected chi connectivity index (χ0v) is 11.2. The Morgan fingerprint density at radius 2 is 2.22 bits per heavy atom. The predicted octanol–water partition coefficient (Wildman–Crippen LogP) is 1.61. The van der Waals surface area contributed by atoms with Gasteiger partial charge in [0.1, 0.15) is 5.76 Å². The average molecular weight is 251 g/mol. The van der Waals surface area contributed by atoms with E-state index in [9.17, 15) is 4.79 Å². The summed E-state index contributed by atoms with van der Waals surface area (Å²) in [5, 5.41) is 10.2. The first-order valence-electron chi connectivity index (χ1n) is 6.57. The third kappa shape index (κ3) is 3.10. The summed E-state index contributed by atoms with van der Waals surface area (Å²) in [6, 6.07) is 0.541. The van der Waals surface area contributed by atoms with Crippen LogP contribution in [0.5, 0.6) is 0 Å². The van der Waals surface area contributed by atoms with Crippen LogP contribution in [0.2, 0.25) is 0 Å². The van der Waals surface area contributed by atoms with Gasteiger partial charge in [0.2, 0.25) is 5.91 Å². The number of carbonyl (C=O) groups excluding carboxylic acids is 1. The molecule has 1 heterocycles. The van der Waals surface area contributed by atoms with Gasteiger partial charge in [0, 0.05) is 17.6 Å². The van der Waals surface area contributed by atoms with Crippen molar-refractivity contribution in [2.45, 2.75) is 52.1 Å². The molecule has 1 aromatic rings. The molecule has 0 saturated heterocycles. The van der Waals surface area contributed by atoms with Crippen LogP contribution in [0, 0.1) is 13.8 Å². The second-order valence-corrected chi connectivity index (χ2v) is 4.92. The lowest BCUT2D eigenvalue weighted by Gasteiger charge is -2.16. The Labute approximate surface area is 107 Å². The molecule has 0 spiro atoms. The third-order valence-electron chi connectivity index (χ3n) is 3.30. The van der Waals surface area contributed by atoms with Crippen molar-refractivity contribution in [2.24, 2.45) is 0 Å². The zero-order chi connectivity index (χ0) is 13.1. The Hall–Kier alpha value is -1.36. The van der Waals surface area contributed by atoms with Crippen LogP contribution in [0.4, 0.5) is 0 Å². The normalized spacial score (nSPS) is 16.6. The number of nitrogens with zero attached hydrogens (tertiary/aromatic N) is 1. The molecule has 18 heavy (non-hydrogen) atoms. The van der Waals surface area contributed by atoms with E-state index >= 15 is 0 Å². The number of nitrogens with one attached hydrogen (secondary N) is 2. The molecule has 0 bridgehead atoms. The van der Waals surface area contributed by atoms with Gasteiger partial charge in [-0.2, -0.15) is 0 Å². The van der Waals surface area contributed by atoms with Gasteiger partial charge in [-0.15, -0.1) is 0 Å². The fourth-order valence-electron chi connectivity index (χ4n) is 2.16. The first kappa shape index (κ1) is 13.1. The molecular formula is C13H21N3O2. The van der Waals surface area contributed by atoms with Crippen molar-refractivity contribution >= 4 is 5.91 Å². The summed E-state index contributed by atoms with van der Waals surface area (Å²) in [6.45, 7) is 6.27. The van der Waals surface area contributed by atoms with Crippen LogP contribution in [0.15, 0.2) is 4.52 Å². The van der Waals surface area contributed by atoms with Gasteiger partial charge in [0.25, 0.3) is 0 Å². The third-order valence-corrected chi connectivity index (χ3v) is 3.30. The van der Waals surface area contributed by atoms with Crippen molar-refractivity contribution in [1.82, 2.24) is 15.8 Å². The topological polar surface area (TPSA) is 67.2 Å². The minimum atomic E-state index is 0.0720. The van der Waals surface area contributed by atoms with Crippen molar-refractivity contribution in [3.8, 4) is 0 Å². The maximum Gasteiger partial charge on any atom is 0.234 e. The predicted molar refractivity (Wildman–Crippen MR) is 68.2 cm³/mol. The van der Waals surface area contributed by atoms with Gasteiger partial charge in [-0.05, 0) is 33.1 Å². The van der Waals surface area contributed by atoms with Gasteiger partial charge in [0.05, 0.1) is 12.2 Å². The number of aryl methyl sites for hydroxylation is 2. The molecule has 1 amide bonds. The van der Waals surface area contributed by atoms with Gasteiger partial charge >= 0.3 is 0 Å². The van der Waals surface area contributed by atoms with E-state index in [1.54, 1.807) is 0 Å². The molecule has 0 radical (unpaired) electrons. The summed E-state index contributed by atoms with van der Waals surface area (Å²) in [7, 11) is 0. The molecule has 1 aliphatic rings. The minimum Gasteiger partial charge on any atom is -0.361 e. The van der Waals surface area contributed by atoms with Crippen molar-refractivity contribution in [3.05, 3.63) is 17.0 Å². The van der Waals surface area contributed by atoms with Crippen LogP contribution in [0.1, 0.15) is 49.2 Å². The fraction of sp³-hybridized carbons (Fsp3) is 0.692. The number of hydrogen-bond acceptors (Lipinski definition) is 4. The Bertz CT molecular complexity index is 404. The number of carbonyl (C=O) groups is 1. The summed E-state index contributed by atoms with van der Waals surface area (Å²) in [6.07, 6.45) is 3.14. The van der Waals surface area contributed by atoms with Crippen LogP contribution in [0.25, 0.3) is 0 Å². The quantitative estimate of drug-likeness (QED) is 0.806. The van der Waals surface area contributed by atoms with Crippen molar-refractivity contribution < 1.29 is 9.32 Å². The SMILES string of the molecule is CCC(NCC(=O)NC1CC1)c1c(C)noc1C. The molecule has 1 aromatic heterocycles. The summed E-state index contributed by atoms with van der Waals surface area (Å²) >= 11 is 0. The smallest absolute Gasteiger partial charge is 0.234 e. The maximum atomic E-state index is 11.6. The highest BCUT2D eigenvalue weighted by Crippen LogP contribution is 2.23. The van der Waals surface area contributed by atoms with E-state index in [0.29, 0.717) is 12.6 Å². The second-order valence-electron chi connectivity index (χ2n) is 4.92. The molecule has 1 atom stereocenters. The molecule has 5 heteroatoms. The van der Waals surface area contributed by atoms with Crippen LogP contribution < -0.4 is 10.6 Å². The summed E-state index contributed by atoms with van der Waals surface area (Å²) in [5.74, 6) is 0.900. The van der Waals surface area contributed by atoms with Crippen LogP contribution >= 0.6 is 0 Å². The largest absolute Gasteiger partial charge is 0.361 e. The first-order valence-corrected chi connectivity index (χ1v) is 6.57. The number of rotatable bonds is 6. The highest BCUT2D eigenvalue weighted by molar-refractivity contribution is 5.78. The monoisotopic (exact) mass is 251 g/mol. The minimum absolute atomic E-state index is 0.0720. The van der Waals surface area contributed by atoms with E-state index in [1.807, 2.05) is 13.8 Å².